The molecule has 0 aliphatic rings. The first kappa shape index (κ1) is 102. The molecule has 43 heteroatoms. The Bertz CT molecular complexity index is 6330. The van der Waals surface area contributed by atoms with Gasteiger partial charge >= 0.3 is 11.9 Å². The third-order valence-corrected chi connectivity index (χ3v) is 20.5. The topological polar surface area (TPSA) is 775 Å². The molecule has 0 radical (unpaired) electrons. The van der Waals surface area contributed by atoms with Gasteiger partial charge in [-0.15, -0.1) is 0 Å². The van der Waals surface area contributed by atoms with Gasteiger partial charge in [0.25, 0.3) is 0 Å². The molecule has 10 aromatic rings. The lowest BCUT2D eigenvalue weighted by Crippen LogP contribution is -2.30. The summed E-state index contributed by atoms with van der Waals surface area (Å²) in [4.78, 5) is 75.0. The molecule has 43 nitrogen and oxygen atoms in total. The zero-order valence-corrected chi connectivity index (χ0v) is 73.1. The highest BCUT2D eigenvalue weighted by Gasteiger charge is 2.37. The van der Waals surface area contributed by atoms with Crippen molar-refractivity contribution in [3.8, 4) is 80.5 Å². The summed E-state index contributed by atoms with van der Waals surface area (Å²) in [6.45, 7) is 5.75. The molecular weight excluding hydrogens is 1800 g/mol. The first-order valence-corrected chi connectivity index (χ1v) is 41.5. The van der Waals surface area contributed by atoms with Gasteiger partial charge in [-0.3, -0.25) is 4.79 Å². The predicted molar refractivity (Wildman–Crippen MR) is 506 cm³/mol. The number of aliphatic hydroxyl groups excluding tert-OH is 12. The van der Waals surface area contributed by atoms with Crippen LogP contribution in [0.3, 0.4) is 0 Å². The van der Waals surface area contributed by atoms with Crippen molar-refractivity contribution in [2.24, 2.45) is 77.5 Å². The maximum absolute atomic E-state index is 12.8. The van der Waals surface area contributed by atoms with Crippen molar-refractivity contribution in [2.45, 2.75) is 119 Å². The second kappa shape index (κ2) is 45.4. The van der Waals surface area contributed by atoms with Crippen LogP contribution in [0, 0.1) is 11.8 Å². The van der Waals surface area contributed by atoms with Crippen LogP contribution < -0.4 is 5.73 Å². The lowest BCUT2D eigenvalue weighted by molar-refractivity contribution is -0.144. The normalized spacial score (nSPS) is 16.2. The van der Waals surface area contributed by atoms with Crippen molar-refractivity contribution >= 4 is 82.7 Å². The number of nitrogens with zero attached hydrogens (tertiary/aromatic N) is 12. The molecule has 0 aromatic heterocycles. The number of rotatable bonds is 40. The highest BCUT2D eigenvalue weighted by Crippen LogP contribution is 2.40. The van der Waals surface area contributed by atoms with Crippen molar-refractivity contribution < 1.29 is 153 Å². The van der Waals surface area contributed by atoms with Crippen molar-refractivity contribution in [1.82, 2.24) is 0 Å². The van der Waals surface area contributed by atoms with E-state index < -0.39 is 260 Å². The Balaban J connectivity index is 1.10. The molecule has 30 N–H and O–H groups in total. The van der Waals surface area contributed by atoms with Crippen LogP contribution in [0.2, 0.25) is 0 Å². The Morgan fingerprint density at radius 2 is 0.449 bits per heavy atom. The standard InChI is InChI=1S/C95H97N13O30/c1-43(2)73(99-90(132)78(50-27-59(113)37-60(114)28-50)101-84(126)72(96)46-10-18-55(109)19-11-46)85(127)106-81(53-33-65(119)40-66(120)34-53)93(135)103-77(49-16-24-58(112)25-17-49)89(131)108-82(54-35-67(121)41-68(122)36-54)94(136)104-76(48-14-22-57(111)23-15-48)88(130)107-79(51-29-61(115)38-62(116)30-51)91(133)100-74(44(3)4)86(128)105-80(52-31-63(117)39-64(118)32-52)92(134)102-75(47-12-20-56(110)21-13-47)87(129)97-69(26-45-8-6-5-7-9-45)83(125)98-70(95(137)138)42-71(123)124/h5-25,27-41,43-44,69-70,72-82,109-122H,26,42,96H2,1-4H3,(H,97,129)(H,98,125)(H,99,132)(H,100,133)(H,101,126)(H,102,134)(H,103,135)(H,104,136)(H,105,128)(H,106,127)(H,107,130)(H,108,131)(H,123,124)(H,137,138)/t69-,70-,72+,73-,74-,75-,76-,77-,78+,79+,80+,81+,82+/m0/s1. The van der Waals surface area contributed by atoms with Gasteiger partial charge in [-0.1, -0.05) is 107 Å². The number of phenolic OH excluding ortho intramolecular Hbond substituents is 14. The van der Waals surface area contributed by atoms with E-state index in [1.54, 1.807) is 30.3 Å². The van der Waals surface area contributed by atoms with Crippen LogP contribution in [0.1, 0.15) is 144 Å². The van der Waals surface area contributed by atoms with Gasteiger partial charge in [-0.25, -0.2) is 64.7 Å². The van der Waals surface area contributed by atoms with Crippen molar-refractivity contribution in [2.75, 3.05) is 0 Å². The first-order valence-electron chi connectivity index (χ1n) is 41.5. The number of aliphatic imine (C=N–C) groups is 12. The number of benzene rings is 10. The molecule has 10 rings (SSSR count). The third kappa shape index (κ3) is 27.6. The van der Waals surface area contributed by atoms with E-state index in [2.05, 4.69) is 59.9 Å². The summed E-state index contributed by atoms with van der Waals surface area (Å²) in [6, 6.07) is 14.5. The number of phenols is 14. The molecule has 0 unspecified atom stereocenters. The van der Waals surface area contributed by atoms with E-state index >= 15 is 0 Å². The van der Waals surface area contributed by atoms with Crippen LogP contribution in [0.15, 0.2) is 278 Å². The molecule has 13 atom stereocenters. The second-order valence-electron chi connectivity index (χ2n) is 31.9. The van der Waals surface area contributed by atoms with Gasteiger partial charge in [0.15, 0.2) is 54.4 Å². The van der Waals surface area contributed by atoms with E-state index in [1.807, 2.05) is 0 Å². The van der Waals surface area contributed by atoms with Crippen molar-refractivity contribution in [3.63, 3.8) is 0 Å². The molecule has 0 aliphatic carbocycles. The molecule has 722 valence electrons. The van der Waals surface area contributed by atoms with Gasteiger partial charge in [-0.05, 0) is 177 Å². The zero-order valence-electron chi connectivity index (χ0n) is 73.1. The van der Waals surface area contributed by atoms with E-state index in [9.17, 15) is 153 Å². The van der Waals surface area contributed by atoms with E-state index in [-0.39, 0.29) is 56.9 Å². The van der Waals surface area contributed by atoms with Crippen LogP contribution in [0.25, 0.3) is 0 Å². The number of aliphatic hydroxyl groups is 12. The van der Waals surface area contributed by atoms with Gasteiger partial charge in [0.1, 0.15) is 105 Å². The number of nitrogens with two attached hydrogens (primary N) is 1. The third-order valence-electron chi connectivity index (χ3n) is 20.5. The largest absolute Gasteiger partial charge is 0.508 e. The van der Waals surface area contributed by atoms with Crippen LogP contribution in [0.4, 0.5) is 0 Å². The second-order valence-corrected chi connectivity index (χ2v) is 31.9. The first-order chi connectivity index (χ1) is 65.2. The quantitative estimate of drug-likeness (QED) is 0.0125. The van der Waals surface area contributed by atoms with Gasteiger partial charge < -0.3 is 149 Å². The minimum atomic E-state index is -2.28. The fourth-order valence-corrected chi connectivity index (χ4v) is 13.9. The average molecular weight is 1900 g/mol. The molecule has 0 saturated carbocycles. The molecule has 0 amide bonds. The summed E-state index contributed by atoms with van der Waals surface area (Å²) < 4.78 is 0. The molecule has 0 fully saturated rings. The van der Waals surface area contributed by atoms with Crippen molar-refractivity contribution in [1.29, 1.82) is 0 Å². The molecule has 0 spiro atoms. The fourth-order valence-electron chi connectivity index (χ4n) is 13.9. The lowest BCUT2D eigenvalue weighted by Gasteiger charge is -2.22. The smallest absolute Gasteiger partial charge is 0.329 e. The maximum atomic E-state index is 12.8. The SMILES string of the molecule is CC(C)[C@H](N=C(O)[C@H](N=C(O)[C@@H](N=C(O)[C@H](N=C(O)[C@@H](N=C(O)[C@H](N=C(O)[C@@H](N=C(O)[C@H](N=C(O)[C@H](N)c1ccc(O)cc1)c1cc(O)cc(O)c1)C(C)C)c1cc(O)cc(O)c1)c1ccc(O)cc1)c1cc(O)cc(O)c1)c1ccc(O)cc1)c1cc(O)cc(O)c1)C(O)=N[C@@H](C(O)=N[C@H](C(O)=N[C@@H](Cc1ccccc1)C(O)=N[C@@H](CC(=O)O)C(=O)O)c1ccc(O)cc1)c1cc(O)cc(O)c1. The molecular formula is C95H97N13O30. The summed E-state index contributed by atoms with van der Waals surface area (Å²) in [5, 5.41) is 317. The Morgan fingerprint density at radius 3 is 0.696 bits per heavy atom. The zero-order chi connectivity index (χ0) is 101. The van der Waals surface area contributed by atoms with Crippen LogP contribution in [0.5, 0.6) is 80.5 Å². The predicted octanol–water partition coefficient (Wildman–Crippen LogP) is 13.6. The summed E-state index contributed by atoms with van der Waals surface area (Å²) in [5.41, 5.74) is 4.48. The number of hydrogen-bond acceptors (Lipinski definition) is 29. The summed E-state index contributed by atoms with van der Waals surface area (Å²) in [6.07, 6.45) is -1.47. The fraction of sp³-hybridized carbons (Fsp3) is 0.221. The Morgan fingerprint density at radius 1 is 0.232 bits per heavy atom. The monoisotopic (exact) mass is 1900 g/mol. The Hall–Kier alpha value is -18.1. The molecule has 0 bridgehead atoms. The van der Waals surface area contributed by atoms with E-state index in [1.165, 1.54) is 64.1 Å². The van der Waals surface area contributed by atoms with Crippen LogP contribution >= 0.6 is 0 Å². The molecule has 0 heterocycles. The molecule has 0 saturated heterocycles. The van der Waals surface area contributed by atoms with Crippen LogP contribution in [-0.2, 0) is 16.0 Å². The minimum Gasteiger partial charge on any atom is -0.508 e. The number of carboxylic acid groups (broad SMARTS) is 2. The number of carboxylic acids is 2. The van der Waals surface area contributed by atoms with Crippen LogP contribution in [-0.4, -0.2) is 250 Å². The van der Waals surface area contributed by atoms with Gasteiger partial charge in [0.2, 0.25) is 70.8 Å². The summed E-state index contributed by atoms with van der Waals surface area (Å²) in [7, 11) is 0. The minimum absolute atomic E-state index is 0.108. The molecule has 0 aliphatic heterocycles. The van der Waals surface area contributed by atoms with E-state index in [4.69, 9.17) is 5.73 Å². The molecule has 10 aromatic carbocycles. The Kier molecular flexibility index (Phi) is 33.6. The number of aromatic hydroxyl groups is 14. The van der Waals surface area contributed by atoms with Gasteiger partial charge in [0.05, 0.1) is 6.42 Å². The highest BCUT2D eigenvalue weighted by atomic mass is 16.4. The maximum Gasteiger partial charge on any atom is 0.329 e. The lowest BCUT2D eigenvalue weighted by atomic mass is 10.0. The number of aliphatic carboxylic acids is 2. The molecule has 138 heavy (non-hydrogen) atoms. The number of hydrogen-bond donors (Lipinski definition) is 29. The summed E-state index contributed by atoms with van der Waals surface area (Å²) >= 11 is 0. The van der Waals surface area contributed by atoms with E-state index in [0.717, 1.165) is 152 Å². The Labute approximate surface area is 782 Å². The van der Waals surface area contributed by atoms with Gasteiger partial charge in [-0.2, -0.15) is 0 Å². The van der Waals surface area contributed by atoms with Gasteiger partial charge in [0, 0.05) is 36.8 Å². The average Bonchev–Trinajstić information content (AvgIpc) is 0.804. The summed E-state index contributed by atoms with van der Waals surface area (Å²) in [5.74, 6) is -27.4. The van der Waals surface area contributed by atoms with Crippen molar-refractivity contribution in [3.05, 3.63) is 274 Å². The van der Waals surface area contributed by atoms with E-state index in [0.29, 0.717) is 5.56 Å². The highest BCUT2D eigenvalue weighted by molar-refractivity contribution is 5.98. The number of carbonyl (C=O) groups is 2.